The Morgan fingerprint density at radius 1 is 1.12 bits per heavy atom. The molecular formula is C27H29ClN4O. The van der Waals surface area contributed by atoms with E-state index < -0.39 is 0 Å². The molecule has 5 nitrogen and oxygen atoms in total. The van der Waals surface area contributed by atoms with E-state index in [1.807, 2.05) is 36.4 Å². The molecule has 0 bridgehead atoms. The first kappa shape index (κ1) is 23.0. The summed E-state index contributed by atoms with van der Waals surface area (Å²) in [6, 6.07) is 15.5. The van der Waals surface area contributed by atoms with Crippen LogP contribution in [0.1, 0.15) is 53.9 Å². The van der Waals surface area contributed by atoms with E-state index in [-0.39, 0.29) is 11.9 Å². The molecule has 0 aliphatic rings. The maximum Gasteiger partial charge on any atom is 0.243 e. The summed E-state index contributed by atoms with van der Waals surface area (Å²) in [5.41, 5.74) is 6.22. The number of carbonyl (C=O) groups is 1. The van der Waals surface area contributed by atoms with Crippen molar-refractivity contribution in [3.63, 3.8) is 0 Å². The standard InChI is InChI=1S/C27H29ClN4O/c1-4-8-24(27(33)30-17-20-9-7-12-29-16-20)32-25-14-19(3)18(2)13-23(25)31-26(32)15-21-10-5-6-11-22(21)28/h5-7,9-14,16,24H,4,8,15,17H2,1-3H3,(H,30,33)/t24-/m1/s1. The lowest BCUT2D eigenvalue weighted by atomic mass is 10.1. The van der Waals surface area contributed by atoms with E-state index in [0.29, 0.717) is 24.4 Å². The first-order valence-electron chi connectivity index (χ1n) is 11.4. The van der Waals surface area contributed by atoms with E-state index >= 15 is 0 Å². The van der Waals surface area contributed by atoms with Crippen LogP contribution in [0.15, 0.2) is 60.9 Å². The van der Waals surface area contributed by atoms with E-state index in [2.05, 4.69) is 47.8 Å². The number of imidazole rings is 1. The van der Waals surface area contributed by atoms with Gasteiger partial charge in [0.1, 0.15) is 11.9 Å². The highest BCUT2D eigenvalue weighted by molar-refractivity contribution is 6.31. The van der Waals surface area contributed by atoms with Gasteiger partial charge in [-0.15, -0.1) is 0 Å². The van der Waals surface area contributed by atoms with Gasteiger partial charge in [0.15, 0.2) is 0 Å². The molecule has 2 heterocycles. The lowest BCUT2D eigenvalue weighted by molar-refractivity contribution is -0.124. The summed E-state index contributed by atoms with van der Waals surface area (Å²) in [6.45, 7) is 6.73. The van der Waals surface area contributed by atoms with Crippen LogP contribution in [0.5, 0.6) is 0 Å². The Balaban J connectivity index is 1.76. The smallest absolute Gasteiger partial charge is 0.243 e. The molecule has 0 aliphatic carbocycles. The summed E-state index contributed by atoms with van der Waals surface area (Å²) in [7, 11) is 0. The molecule has 0 radical (unpaired) electrons. The van der Waals surface area contributed by atoms with Gasteiger partial charge in [-0.3, -0.25) is 9.78 Å². The molecule has 1 N–H and O–H groups in total. The number of benzene rings is 2. The first-order valence-corrected chi connectivity index (χ1v) is 11.7. The maximum absolute atomic E-state index is 13.5. The van der Waals surface area contributed by atoms with Gasteiger partial charge in [-0.2, -0.15) is 0 Å². The third-order valence-electron chi connectivity index (χ3n) is 6.05. The van der Waals surface area contributed by atoms with Crippen molar-refractivity contribution in [1.82, 2.24) is 19.9 Å². The zero-order valence-corrected chi connectivity index (χ0v) is 20.1. The molecule has 0 spiro atoms. The quantitative estimate of drug-likeness (QED) is 0.353. The molecular weight excluding hydrogens is 432 g/mol. The first-order chi connectivity index (χ1) is 16.0. The van der Waals surface area contributed by atoms with Crippen molar-refractivity contribution in [2.24, 2.45) is 0 Å². The van der Waals surface area contributed by atoms with Crippen molar-refractivity contribution >= 4 is 28.5 Å². The van der Waals surface area contributed by atoms with E-state index in [9.17, 15) is 4.79 Å². The second-order valence-corrected chi connectivity index (χ2v) is 8.88. The molecule has 2 aromatic carbocycles. The van der Waals surface area contributed by atoms with Gasteiger partial charge in [0.25, 0.3) is 0 Å². The van der Waals surface area contributed by atoms with Gasteiger partial charge in [-0.05, 0) is 66.8 Å². The topological polar surface area (TPSA) is 59.8 Å². The number of hydrogen-bond acceptors (Lipinski definition) is 3. The molecule has 170 valence electrons. The highest BCUT2D eigenvalue weighted by Crippen LogP contribution is 2.29. The van der Waals surface area contributed by atoms with Gasteiger partial charge < -0.3 is 9.88 Å². The molecule has 1 atom stereocenters. The van der Waals surface area contributed by atoms with Crippen LogP contribution in [0.2, 0.25) is 5.02 Å². The predicted octanol–water partition coefficient (Wildman–Crippen LogP) is 5.95. The van der Waals surface area contributed by atoms with Gasteiger partial charge in [-0.25, -0.2) is 4.98 Å². The summed E-state index contributed by atoms with van der Waals surface area (Å²) in [4.78, 5) is 22.6. The number of carbonyl (C=O) groups excluding carboxylic acids is 1. The minimum absolute atomic E-state index is 0.0151. The average Bonchev–Trinajstić information content (AvgIpc) is 3.14. The van der Waals surface area contributed by atoms with E-state index in [0.717, 1.165) is 34.4 Å². The van der Waals surface area contributed by atoms with Gasteiger partial charge in [-0.1, -0.05) is 49.2 Å². The molecule has 0 fully saturated rings. The largest absolute Gasteiger partial charge is 0.350 e. The highest BCUT2D eigenvalue weighted by atomic mass is 35.5. The number of hydrogen-bond donors (Lipinski definition) is 1. The molecule has 2 aromatic heterocycles. The van der Waals surface area contributed by atoms with Crippen LogP contribution in [-0.4, -0.2) is 20.4 Å². The highest BCUT2D eigenvalue weighted by Gasteiger charge is 2.25. The van der Waals surface area contributed by atoms with Crippen LogP contribution >= 0.6 is 11.6 Å². The van der Waals surface area contributed by atoms with Crippen LogP contribution in [0.4, 0.5) is 0 Å². The zero-order valence-electron chi connectivity index (χ0n) is 19.3. The Morgan fingerprint density at radius 2 is 1.91 bits per heavy atom. The van der Waals surface area contributed by atoms with Crippen LogP contribution in [0.3, 0.4) is 0 Å². The van der Waals surface area contributed by atoms with E-state index in [1.54, 1.807) is 12.4 Å². The number of fused-ring (bicyclic) bond motifs is 1. The van der Waals surface area contributed by atoms with Crippen molar-refractivity contribution in [3.05, 3.63) is 94.0 Å². The Hall–Kier alpha value is -3.18. The molecule has 0 aliphatic heterocycles. The van der Waals surface area contributed by atoms with Crippen molar-refractivity contribution in [1.29, 1.82) is 0 Å². The molecule has 1 amide bonds. The minimum Gasteiger partial charge on any atom is -0.350 e. The van der Waals surface area contributed by atoms with Crippen LogP contribution < -0.4 is 5.32 Å². The number of amides is 1. The SMILES string of the molecule is CCC[C@H](C(=O)NCc1cccnc1)n1c(Cc2ccccc2Cl)nc2cc(C)c(C)cc21. The Kier molecular flexibility index (Phi) is 7.09. The van der Waals surface area contributed by atoms with Crippen LogP contribution in [-0.2, 0) is 17.8 Å². The number of halogens is 1. The fourth-order valence-electron chi connectivity index (χ4n) is 4.15. The summed E-state index contributed by atoms with van der Waals surface area (Å²) in [5.74, 6) is 0.830. The van der Waals surface area contributed by atoms with Gasteiger partial charge in [0.05, 0.1) is 11.0 Å². The van der Waals surface area contributed by atoms with Crippen molar-refractivity contribution in [2.75, 3.05) is 0 Å². The van der Waals surface area contributed by atoms with E-state index in [1.165, 1.54) is 11.1 Å². The lowest BCUT2D eigenvalue weighted by Gasteiger charge is -2.21. The minimum atomic E-state index is -0.365. The fourth-order valence-corrected chi connectivity index (χ4v) is 4.35. The zero-order chi connectivity index (χ0) is 23.4. The second-order valence-electron chi connectivity index (χ2n) is 8.47. The summed E-state index contributed by atoms with van der Waals surface area (Å²) < 4.78 is 2.12. The van der Waals surface area contributed by atoms with Gasteiger partial charge in [0, 0.05) is 30.4 Å². The Bertz CT molecular complexity index is 1270. The number of rotatable bonds is 8. The number of nitrogens with one attached hydrogen (secondary N) is 1. The normalized spacial score (nSPS) is 12.1. The van der Waals surface area contributed by atoms with Gasteiger partial charge in [0.2, 0.25) is 5.91 Å². The number of pyridine rings is 1. The van der Waals surface area contributed by atoms with Crippen LogP contribution in [0.25, 0.3) is 11.0 Å². The number of nitrogens with zero attached hydrogens (tertiary/aromatic N) is 3. The second kappa shape index (κ2) is 10.2. The summed E-state index contributed by atoms with van der Waals surface area (Å²) in [5, 5.41) is 3.82. The molecule has 0 saturated heterocycles. The average molecular weight is 461 g/mol. The maximum atomic E-state index is 13.5. The fraction of sp³-hybridized carbons (Fsp3) is 0.296. The van der Waals surface area contributed by atoms with Crippen molar-refractivity contribution < 1.29 is 4.79 Å². The summed E-state index contributed by atoms with van der Waals surface area (Å²) in [6.07, 6.45) is 5.65. The van der Waals surface area contributed by atoms with Crippen LogP contribution in [0, 0.1) is 13.8 Å². The van der Waals surface area contributed by atoms with Crippen molar-refractivity contribution in [3.8, 4) is 0 Å². The van der Waals surface area contributed by atoms with Crippen molar-refractivity contribution in [2.45, 2.75) is 52.6 Å². The molecule has 0 unspecified atom stereocenters. The molecule has 4 rings (SSSR count). The Morgan fingerprint density at radius 3 is 2.64 bits per heavy atom. The van der Waals surface area contributed by atoms with E-state index in [4.69, 9.17) is 16.6 Å². The third-order valence-corrected chi connectivity index (χ3v) is 6.42. The number of aromatic nitrogens is 3. The molecule has 6 heteroatoms. The lowest BCUT2D eigenvalue weighted by Crippen LogP contribution is -2.33. The third kappa shape index (κ3) is 5.09. The molecule has 0 saturated carbocycles. The molecule has 4 aromatic rings. The summed E-state index contributed by atoms with van der Waals surface area (Å²) >= 11 is 6.47. The number of aryl methyl sites for hydroxylation is 2. The Labute approximate surface area is 199 Å². The molecule has 33 heavy (non-hydrogen) atoms. The monoisotopic (exact) mass is 460 g/mol. The predicted molar refractivity (Wildman–Crippen MR) is 133 cm³/mol. The van der Waals surface area contributed by atoms with Gasteiger partial charge >= 0.3 is 0 Å².